The fourth-order valence-corrected chi connectivity index (χ4v) is 4.62. The number of hydrogen-bond acceptors (Lipinski definition) is 7. The van der Waals surface area contributed by atoms with Gasteiger partial charge in [0.25, 0.3) is 15.9 Å². The number of rotatable bonds is 7. The van der Waals surface area contributed by atoms with Crippen LogP contribution >= 0.6 is 11.6 Å². The molecule has 1 aromatic heterocycles. The van der Waals surface area contributed by atoms with Crippen LogP contribution in [-0.2, 0) is 20.0 Å². The Morgan fingerprint density at radius 2 is 1.48 bits per heavy atom. The van der Waals surface area contributed by atoms with Crippen molar-refractivity contribution in [1.82, 2.24) is 9.97 Å². The van der Waals surface area contributed by atoms with Gasteiger partial charge in [0.2, 0.25) is 16.0 Å². The van der Waals surface area contributed by atoms with Gasteiger partial charge >= 0.3 is 0 Å². The predicted octanol–water partition coefficient (Wildman–Crippen LogP) is 3.17. The molecule has 0 spiro atoms. The number of benzene rings is 2. The molecule has 0 bridgehead atoms. The number of anilines is 3. The van der Waals surface area contributed by atoms with E-state index in [0.717, 1.165) is 6.26 Å². The van der Waals surface area contributed by atoms with E-state index in [1.54, 1.807) is 19.9 Å². The monoisotopic (exact) mass is 509 g/mol. The van der Waals surface area contributed by atoms with Gasteiger partial charge in [0.1, 0.15) is 0 Å². The number of aryl methyl sites for hydroxylation is 2. The second-order valence-corrected chi connectivity index (χ2v) is 11.0. The van der Waals surface area contributed by atoms with E-state index >= 15 is 0 Å². The van der Waals surface area contributed by atoms with Crippen LogP contribution in [-0.4, -0.2) is 39.0 Å². The lowest BCUT2D eigenvalue weighted by Gasteiger charge is -2.10. The zero-order valence-corrected chi connectivity index (χ0v) is 20.1. The van der Waals surface area contributed by atoms with Crippen molar-refractivity contribution in [2.45, 2.75) is 18.7 Å². The Morgan fingerprint density at radius 3 is 2.03 bits per heavy atom. The number of halogens is 1. The zero-order valence-electron chi connectivity index (χ0n) is 17.7. The maximum Gasteiger partial charge on any atom is 0.264 e. The average Bonchev–Trinajstić information content (AvgIpc) is 2.67. The molecule has 13 heteroatoms. The van der Waals surface area contributed by atoms with Gasteiger partial charge < -0.3 is 5.32 Å². The van der Waals surface area contributed by atoms with Crippen LogP contribution in [0.25, 0.3) is 0 Å². The van der Waals surface area contributed by atoms with Gasteiger partial charge in [-0.3, -0.25) is 9.52 Å². The molecular weight excluding hydrogens is 490 g/mol. The van der Waals surface area contributed by atoms with Gasteiger partial charge in [0, 0.05) is 22.6 Å². The molecule has 10 nitrogen and oxygen atoms in total. The first-order valence-electron chi connectivity index (χ1n) is 9.36. The Balaban J connectivity index is 1.72. The van der Waals surface area contributed by atoms with Crippen molar-refractivity contribution in [1.29, 1.82) is 0 Å². The summed E-state index contributed by atoms with van der Waals surface area (Å²) >= 11 is 6.05. The lowest BCUT2D eigenvalue weighted by molar-refractivity contribution is 0.102. The van der Waals surface area contributed by atoms with Gasteiger partial charge in [0.15, 0.2) is 0 Å². The maximum absolute atomic E-state index is 12.6. The van der Waals surface area contributed by atoms with Gasteiger partial charge in [-0.2, -0.15) is 0 Å². The van der Waals surface area contributed by atoms with E-state index < -0.39 is 26.0 Å². The Hall–Kier alpha value is -3.22. The van der Waals surface area contributed by atoms with Crippen LogP contribution in [0.2, 0.25) is 5.02 Å². The lowest BCUT2D eigenvalue weighted by Crippen LogP contribution is -2.16. The van der Waals surface area contributed by atoms with E-state index in [4.69, 9.17) is 11.6 Å². The smallest absolute Gasteiger partial charge is 0.264 e. The van der Waals surface area contributed by atoms with Crippen LogP contribution in [0.1, 0.15) is 21.7 Å². The minimum absolute atomic E-state index is 0.0319. The molecule has 0 aliphatic rings. The summed E-state index contributed by atoms with van der Waals surface area (Å²) in [6.07, 6.45) is 0.984. The second-order valence-electron chi connectivity index (χ2n) is 7.13. The quantitative estimate of drug-likeness (QED) is 0.443. The van der Waals surface area contributed by atoms with E-state index in [9.17, 15) is 21.6 Å². The zero-order chi connectivity index (χ0) is 24.4. The number of amides is 1. The number of nitrogens with zero attached hydrogens (tertiary/aromatic N) is 2. The fourth-order valence-electron chi connectivity index (χ4n) is 2.81. The normalized spacial score (nSPS) is 11.6. The highest BCUT2D eigenvalue weighted by Gasteiger charge is 2.17. The summed E-state index contributed by atoms with van der Waals surface area (Å²) in [5.41, 5.74) is 1.92. The molecule has 1 amide bonds. The minimum Gasteiger partial charge on any atom is -0.322 e. The summed E-state index contributed by atoms with van der Waals surface area (Å²) in [7, 11) is -7.45. The first kappa shape index (κ1) is 24.4. The van der Waals surface area contributed by atoms with Gasteiger partial charge in [-0.05, 0) is 62.4 Å². The Labute approximate surface area is 196 Å². The number of carbonyl (C=O) groups excluding carboxylic acids is 1. The van der Waals surface area contributed by atoms with E-state index in [1.165, 1.54) is 42.5 Å². The van der Waals surface area contributed by atoms with Crippen LogP contribution in [0.5, 0.6) is 0 Å². The topological polar surface area (TPSA) is 147 Å². The number of aromatic nitrogens is 2. The van der Waals surface area contributed by atoms with Gasteiger partial charge in [-0.25, -0.2) is 31.5 Å². The predicted molar refractivity (Wildman–Crippen MR) is 127 cm³/mol. The first-order valence-corrected chi connectivity index (χ1v) is 13.1. The SMILES string of the molecule is Cc1cc(C)nc(NS(=O)(=O)c2ccc(NC(=O)c3ccc(NS(C)(=O)=O)c(Cl)c3)cc2)n1. The third-order valence-electron chi connectivity index (χ3n) is 4.16. The minimum atomic E-state index is -3.93. The number of nitrogens with one attached hydrogen (secondary N) is 3. The van der Waals surface area contributed by atoms with Crippen molar-refractivity contribution >= 4 is 54.9 Å². The third-order valence-corrected chi connectivity index (χ3v) is 6.40. The molecule has 0 fully saturated rings. The maximum atomic E-state index is 12.6. The molecule has 0 aliphatic carbocycles. The highest BCUT2D eigenvalue weighted by molar-refractivity contribution is 7.92. The number of carbonyl (C=O) groups is 1. The van der Waals surface area contributed by atoms with Crippen LogP contribution < -0.4 is 14.8 Å². The van der Waals surface area contributed by atoms with Crippen LogP contribution in [0.4, 0.5) is 17.3 Å². The summed E-state index contributed by atoms with van der Waals surface area (Å²) in [6, 6.07) is 11.3. The van der Waals surface area contributed by atoms with E-state index in [2.05, 4.69) is 24.7 Å². The molecule has 1 heterocycles. The van der Waals surface area contributed by atoms with Crippen LogP contribution in [0, 0.1) is 13.8 Å². The lowest BCUT2D eigenvalue weighted by atomic mass is 10.2. The molecule has 0 saturated heterocycles. The van der Waals surface area contributed by atoms with E-state index in [-0.39, 0.29) is 27.1 Å². The summed E-state index contributed by atoms with van der Waals surface area (Å²) in [5.74, 6) is -0.546. The first-order chi connectivity index (χ1) is 15.3. The Kier molecular flexibility index (Phi) is 6.91. The summed E-state index contributed by atoms with van der Waals surface area (Å²) < 4.78 is 52.5. The number of hydrogen-bond donors (Lipinski definition) is 3. The second kappa shape index (κ2) is 9.33. The highest BCUT2D eigenvalue weighted by atomic mass is 35.5. The average molecular weight is 510 g/mol. The largest absolute Gasteiger partial charge is 0.322 e. The fraction of sp³-hybridized carbons (Fsp3) is 0.150. The van der Waals surface area contributed by atoms with E-state index in [1.807, 2.05) is 0 Å². The summed E-state index contributed by atoms with van der Waals surface area (Å²) in [4.78, 5) is 20.6. The Bertz CT molecular complexity index is 1410. The van der Waals surface area contributed by atoms with Crippen molar-refractivity contribution < 1.29 is 21.6 Å². The van der Waals surface area contributed by atoms with Crippen molar-refractivity contribution in [2.75, 3.05) is 21.0 Å². The molecule has 2 aromatic carbocycles. The molecule has 0 atom stereocenters. The Morgan fingerprint density at radius 1 is 0.879 bits per heavy atom. The highest BCUT2D eigenvalue weighted by Crippen LogP contribution is 2.25. The summed E-state index contributed by atoms with van der Waals surface area (Å²) in [5, 5.41) is 2.67. The number of sulfonamides is 2. The molecule has 3 aromatic rings. The van der Waals surface area contributed by atoms with Crippen molar-refractivity contribution in [3.63, 3.8) is 0 Å². The molecule has 3 N–H and O–H groups in total. The molecular formula is C20H20ClN5O5S2. The molecule has 174 valence electrons. The third kappa shape index (κ3) is 6.63. The molecule has 0 radical (unpaired) electrons. The van der Waals surface area contributed by atoms with Crippen LogP contribution in [0.15, 0.2) is 53.4 Å². The molecule has 0 unspecified atom stereocenters. The van der Waals surface area contributed by atoms with Crippen molar-refractivity contribution in [3.8, 4) is 0 Å². The molecule has 3 rings (SSSR count). The molecule has 0 aliphatic heterocycles. The summed E-state index contributed by atoms with van der Waals surface area (Å²) in [6.45, 7) is 3.46. The van der Waals surface area contributed by atoms with Gasteiger partial charge in [0.05, 0.1) is 21.9 Å². The standard InChI is InChI=1S/C20H20ClN5O5S2/c1-12-10-13(2)23-20(22-12)26-33(30,31)16-7-5-15(6-8-16)24-19(27)14-4-9-18(17(21)11-14)25-32(3,28)29/h4-11,25H,1-3H3,(H,24,27)(H,22,23,26). The van der Waals surface area contributed by atoms with Crippen molar-refractivity contribution in [3.05, 3.63) is 70.5 Å². The molecule has 33 heavy (non-hydrogen) atoms. The van der Waals surface area contributed by atoms with Crippen molar-refractivity contribution in [2.24, 2.45) is 0 Å². The van der Waals surface area contributed by atoms with E-state index in [0.29, 0.717) is 17.1 Å². The van der Waals surface area contributed by atoms with Crippen LogP contribution in [0.3, 0.4) is 0 Å². The van der Waals surface area contributed by atoms with Gasteiger partial charge in [-0.15, -0.1) is 0 Å². The molecule has 0 saturated carbocycles. The van der Waals surface area contributed by atoms with Gasteiger partial charge in [-0.1, -0.05) is 11.6 Å².